The summed E-state index contributed by atoms with van der Waals surface area (Å²) in [6, 6.07) is 0.417. The molecular formula is C12H23N3. The molecule has 0 bridgehead atoms. The number of hydrogen-bond acceptors (Lipinski definition) is 2. The van der Waals surface area contributed by atoms with E-state index in [2.05, 4.69) is 37.4 Å². The smallest absolute Gasteiger partial charge is 0.0537 e. The highest BCUT2D eigenvalue weighted by Gasteiger charge is 2.06. The number of rotatable bonds is 7. The lowest BCUT2D eigenvalue weighted by atomic mass is 10.2. The van der Waals surface area contributed by atoms with Gasteiger partial charge in [-0.2, -0.15) is 5.10 Å². The lowest BCUT2D eigenvalue weighted by Gasteiger charge is -2.10. The molecule has 0 saturated carbocycles. The van der Waals surface area contributed by atoms with Gasteiger partial charge < -0.3 is 5.32 Å². The Hall–Kier alpha value is -0.830. The van der Waals surface area contributed by atoms with Crippen molar-refractivity contribution in [2.75, 3.05) is 6.54 Å². The molecule has 0 aliphatic carbocycles. The Morgan fingerprint density at radius 1 is 1.40 bits per heavy atom. The van der Waals surface area contributed by atoms with E-state index in [-0.39, 0.29) is 0 Å². The maximum Gasteiger partial charge on any atom is 0.0537 e. The van der Waals surface area contributed by atoms with Crippen LogP contribution in [0.2, 0.25) is 0 Å². The Morgan fingerprint density at radius 3 is 2.87 bits per heavy atom. The quantitative estimate of drug-likeness (QED) is 0.748. The Morgan fingerprint density at radius 2 is 2.20 bits per heavy atom. The van der Waals surface area contributed by atoms with Gasteiger partial charge in [-0.25, -0.2) is 0 Å². The number of unbranched alkanes of at least 4 members (excludes halogenated alkanes) is 1. The summed E-state index contributed by atoms with van der Waals surface area (Å²) >= 11 is 0. The van der Waals surface area contributed by atoms with Crippen molar-refractivity contribution in [1.82, 2.24) is 15.1 Å². The van der Waals surface area contributed by atoms with E-state index in [9.17, 15) is 0 Å². The first kappa shape index (κ1) is 12.2. The third-order valence-electron chi connectivity index (χ3n) is 2.59. The molecule has 0 radical (unpaired) electrons. The first-order valence-corrected chi connectivity index (χ1v) is 6.03. The number of aryl methyl sites for hydroxylation is 1. The van der Waals surface area contributed by atoms with Gasteiger partial charge in [-0.05, 0) is 26.3 Å². The van der Waals surface area contributed by atoms with Crippen LogP contribution >= 0.6 is 0 Å². The van der Waals surface area contributed by atoms with Gasteiger partial charge in [0.2, 0.25) is 0 Å². The fraction of sp³-hybridized carbons (Fsp3) is 0.750. The molecule has 86 valence electrons. The van der Waals surface area contributed by atoms with Crippen molar-refractivity contribution in [3.05, 3.63) is 18.0 Å². The molecule has 0 aromatic carbocycles. The summed E-state index contributed by atoms with van der Waals surface area (Å²) in [5.74, 6) is 0. The molecule has 0 aliphatic rings. The second kappa shape index (κ2) is 6.62. The minimum atomic E-state index is 0.417. The molecule has 1 aromatic heterocycles. The average Bonchev–Trinajstić information content (AvgIpc) is 2.71. The topological polar surface area (TPSA) is 29.9 Å². The first-order chi connectivity index (χ1) is 7.27. The standard InChI is InChI=1S/C12H23N3/c1-4-6-8-15-10-12(9-14-15)11(3)13-7-5-2/h9-11,13H,4-8H2,1-3H3. The molecular weight excluding hydrogens is 186 g/mol. The lowest BCUT2D eigenvalue weighted by molar-refractivity contribution is 0.559. The van der Waals surface area contributed by atoms with Crippen LogP contribution in [0.3, 0.4) is 0 Å². The van der Waals surface area contributed by atoms with Gasteiger partial charge in [0, 0.05) is 24.3 Å². The maximum absolute atomic E-state index is 4.36. The van der Waals surface area contributed by atoms with E-state index in [0.29, 0.717) is 6.04 Å². The van der Waals surface area contributed by atoms with Crippen LogP contribution in [0.4, 0.5) is 0 Å². The fourth-order valence-corrected chi connectivity index (χ4v) is 1.52. The van der Waals surface area contributed by atoms with Gasteiger partial charge in [0.1, 0.15) is 0 Å². The Kier molecular flexibility index (Phi) is 5.40. The molecule has 1 aromatic rings. The van der Waals surface area contributed by atoms with Crippen LogP contribution in [-0.2, 0) is 6.54 Å². The summed E-state index contributed by atoms with van der Waals surface area (Å²) in [6.07, 6.45) is 7.73. The number of aromatic nitrogens is 2. The summed E-state index contributed by atoms with van der Waals surface area (Å²) in [5.41, 5.74) is 1.29. The van der Waals surface area contributed by atoms with Crippen LogP contribution in [0.1, 0.15) is 51.6 Å². The van der Waals surface area contributed by atoms with Crippen molar-refractivity contribution >= 4 is 0 Å². The predicted molar refractivity (Wildman–Crippen MR) is 63.8 cm³/mol. The van der Waals surface area contributed by atoms with Crippen LogP contribution in [0.5, 0.6) is 0 Å². The SMILES string of the molecule is CCCCn1cc(C(C)NCCC)cn1. The molecule has 1 rings (SSSR count). The molecule has 15 heavy (non-hydrogen) atoms. The molecule has 0 spiro atoms. The molecule has 3 nitrogen and oxygen atoms in total. The lowest BCUT2D eigenvalue weighted by Crippen LogP contribution is -2.18. The van der Waals surface area contributed by atoms with Crippen molar-refractivity contribution in [1.29, 1.82) is 0 Å². The summed E-state index contributed by atoms with van der Waals surface area (Å²) in [6.45, 7) is 8.69. The van der Waals surface area contributed by atoms with Gasteiger partial charge >= 0.3 is 0 Å². The van der Waals surface area contributed by atoms with E-state index < -0.39 is 0 Å². The fourth-order valence-electron chi connectivity index (χ4n) is 1.52. The summed E-state index contributed by atoms with van der Waals surface area (Å²) in [5, 5.41) is 7.82. The molecule has 1 unspecified atom stereocenters. The van der Waals surface area contributed by atoms with Crippen molar-refractivity contribution in [2.45, 2.75) is 52.6 Å². The normalized spacial score (nSPS) is 13.0. The molecule has 0 saturated heterocycles. The van der Waals surface area contributed by atoms with Crippen molar-refractivity contribution in [3.8, 4) is 0 Å². The predicted octanol–water partition coefficient (Wildman–Crippen LogP) is 2.74. The van der Waals surface area contributed by atoms with Crippen LogP contribution in [0, 0.1) is 0 Å². The molecule has 1 N–H and O–H groups in total. The Bertz CT molecular complexity index is 268. The molecule has 0 fully saturated rings. The zero-order valence-electron chi connectivity index (χ0n) is 10.2. The van der Waals surface area contributed by atoms with Gasteiger partial charge in [0.15, 0.2) is 0 Å². The Labute approximate surface area is 92.9 Å². The zero-order chi connectivity index (χ0) is 11.1. The van der Waals surface area contributed by atoms with Crippen LogP contribution in [-0.4, -0.2) is 16.3 Å². The van der Waals surface area contributed by atoms with Crippen LogP contribution < -0.4 is 5.32 Å². The van der Waals surface area contributed by atoms with Crippen LogP contribution in [0.25, 0.3) is 0 Å². The zero-order valence-corrected chi connectivity index (χ0v) is 10.2. The average molecular weight is 209 g/mol. The maximum atomic E-state index is 4.36. The van der Waals surface area contributed by atoms with Gasteiger partial charge in [0.05, 0.1) is 6.20 Å². The van der Waals surface area contributed by atoms with Gasteiger partial charge in [0.25, 0.3) is 0 Å². The molecule has 1 atom stereocenters. The number of nitrogens with one attached hydrogen (secondary N) is 1. The largest absolute Gasteiger partial charge is 0.310 e. The third-order valence-corrected chi connectivity index (χ3v) is 2.59. The first-order valence-electron chi connectivity index (χ1n) is 6.03. The van der Waals surface area contributed by atoms with Gasteiger partial charge in [-0.15, -0.1) is 0 Å². The second-order valence-electron chi connectivity index (χ2n) is 4.07. The van der Waals surface area contributed by atoms with E-state index in [1.54, 1.807) is 0 Å². The minimum Gasteiger partial charge on any atom is -0.310 e. The van der Waals surface area contributed by atoms with E-state index >= 15 is 0 Å². The third kappa shape index (κ3) is 4.04. The van der Waals surface area contributed by atoms with Gasteiger partial charge in [-0.1, -0.05) is 20.3 Å². The van der Waals surface area contributed by atoms with E-state index in [0.717, 1.165) is 13.1 Å². The molecule has 1 heterocycles. The molecule has 3 heteroatoms. The van der Waals surface area contributed by atoms with Crippen molar-refractivity contribution in [3.63, 3.8) is 0 Å². The highest BCUT2D eigenvalue weighted by molar-refractivity contribution is 5.08. The monoisotopic (exact) mass is 209 g/mol. The summed E-state index contributed by atoms with van der Waals surface area (Å²) < 4.78 is 2.04. The highest BCUT2D eigenvalue weighted by Crippen LogP contribution is 2.10. The summed E-state index contributed by atoms with van der Waals surface area (Å²) in [7, 11) is 0. The van der Waals surface area contributed by atoms with E-state index in [4.69, 9.17) is 0 Å². The second-order valence-corrected chi connectivity index (χ2v) is 4.07. The van der Waals surface area contributed by atoms with E-state index in [1.165, 1.54) is 24.8 Å². The van der Waals surface area contributed by atoms with Crippen molar-refractivity contribution < 1.29 is 0 Å². The van der Waals surface area contributed by atoms with Gasteiger partial charge in [-0.3, -0.25) is 4.68 Å². The minimum absolute atomic E-state index is 0.417. The summed E-state index contributed by atoms with van der Waals surface area (Å²) in [4.78, 5) is 0. The molecule has 0 aliphatic heterocycles. The Balaban J connectivity index is 2.43. The van der Waals surface area contributed by atoms with E-state index in [1.807, 2.05) is 10.9 Å². The number of hydrogen-bond donors (Lipinski definition) is 1. The number of nitrogens with zero attached hydrogens (tertiary/aromatic N) is 2. The molecule has 0 amide bonds. The van der Waals surface area contributed by atoms with Crippen LogP contribution in [0.15, 0.2) is 12.4 Å². The highest BCUT2D eigenvalue weighted by atomic mass is 15.3. The van der Waals surface area contributed by atoms with Crippen molar-refractivity contribution in [2.24, 2.45) is 0 Å².